The van der Waals surface area contributed by atoms with Gasteiger partial charge in [-0.3, -0.25) is 4.79 Å². The van der Waals surface area contributed by atoms with E-state index in [4.69, 9.17) is 9.90 Å². The van der Waals surface area contributed by atoms with Crippen LogP contribution in [0.25, 0.3) is 0 Å². The summed E-state index contributed by atoms with van der Waals surface area (Å²) in [6.45, 7) is 0. The van der Waals surface area contributed by atoms with Crippen LogP contribution in [0, 0.1) is 0 Å². The molecule has 0 saturated heterocycles. The molecule has 3 nitrogen and oxygen atoms in total. The Hall–Kier alpha value is -1.85. The zero-order valence-electron chi connectivity index (χ0n) is 8.62. The summed E-state index contributed by atoms with van der Waals surface area (Å²) in [5, 5.41) is 7.12. The molecular formula is C11H9F3O3. The number of aryl methyl sites for hydroxylation is 1. The molecule has 1 aromatic rings. The van der Waals surface area contributed by atoms with Crippen LogP contribution >= 0.6 is 0 Å². The minimum Gasteiger partial charge on any atom is -0.475 e. The fourth-order valence-electron chi connectivity index (χ4n) is 1.39. The quantitative estimate of drug-likeness (QED) is 0.764. The van der Waals surface area contributed by atoms with Crippen LogP contribution in [-0.2, 0) is 11.2 Å². The number of carboxylic acid groups (broad SMARTS) is 1. The fourth-order valence-corrected chi connectivity index (χ4v) is 1.39. The average Bonchev–Trinajstić information content (AvgIpc) is 2.61. The molecule has 0 aliphatic heterocycles. The zero-order chi connectivity index (χ0) is 13.1. The lowest BCUT2D eigenvalue weighted by Crippen LogP contribution is -2.21. The molecular weight excluding hydrogens is 237 g/mol. The number of carboxylic acids is 1. The first-order chi connectivity index (χ1) is 7.82. The van der Waals surface area contributed by atoms with Crippen molar-refractivity contribution < 1.29 is 27.9 Å². The maximum Gasteiger partial charge on any atom is 0.490 e. The highest BCUT2D eigenvalue weighted by Crippen LogP contribution is 2.20. The molecule has 0 saturated carbocycles. The Morgan fingerprint density at radius 1 is 1.18 bits per heavy atom. The van der Waals surface area contributed by atoms with Gasteiger partial charge in [-0.05, 0) is 12.0 Å². The molecule has 0 unspecified atom stereocenters. The highest BCUT2D eigenvalue weighted by Gasteiger charge is 2.38. The highest BCUT2D eigenvalue weighted by atomic mass is 19.4. The summed E-state index contributed by atoms with van der Waals surface area (Å²) < 4.78 is 31.7. The number of hydrogen-bond acceptors (Lipinski definition) is 2. The van der Waals surface area contributed by atoms with E-state index in [2.05, 4.69) is 0 Å². The molecule has 0 heterocycles. The van der Waals surface area contributed by atoms with E-state index in [1.54, 1.807) is 0 Å². The van der Waals surface area contributed by atoms with Crippen molar-refractivity contribution in [1.29, 1.82) is 0 Å². The molecule has 6 heteroatoms. The fraction of sp³-hybridized carbons (Fsp3) is 0.273. The number of benzene rings is 1. The van der Waals surface area contributed by atoms with Crippen molar-refractivity contribution in [1.82, 2.24) is 0 Å². The van der Waals surface area contributed by atoms with Gasteiger partial charge in [-0.25, -0.2) is 4.79 Å². The van der Waals surface area contributed by atoms with Crippen LogP contribution in [0.5, 0.6) is 0 Å². The standard InChI is InChI=1S/C9H8O.C2HF3O2/c10-9-6-5-7-3-1-2-4-8(7)9;3-2(4,5)1(6)7/h1-4H,5-6H2;(H,6,7). The molecule has 17 heavy (non-hydrogen) atoms. The lowest BCUT2D eigenvalue weighted by atomic mass is 10.1. The summed E-state index contributed by atoms with van der Waals surface area (Å²) >= 11 is 0. The summed E-state index contributed by atoms with van der Waals surface area (Å²) in [5.41, 5.74) is 2.15. The normalized spacial score (nSPS) is 13.7. The molecule has 1 aliphatic rings. The van der Waals surface area contributed by atoms with Crippen LogP contribution in [0.4, 0.5) is 13.2 Å². The van der Waals surface area contributed by atoms with E-state index in [9.17, 15) is 18.0 Å². The van der Waals surface area contributed by atoms with Crippen molar-refractivity contribution in [3.05, 3.63) is 35.4 Å². The number of aliphatic carboxylic acids is 1. The summed E-state index contributed by atoms with van der Waals surface area (Å²) in [7, 11) is 0. The number of carbonyl (C=O) groups excluding carboxylic acids is 1. The van der Waals surface area contributed by atoms with Crippen LogP contribution < -0.4 is 0 Å². The maximum absolute atomic E-state index is 11.1. The Labute approximate surface area is 94.9 Å². The summed E-state index contributed by atoms with van der Waals surface area (Å²) in [4.78, 5) is 20.0. The molecule has 0 bridgehead atoms. The largest absolute Gasteiger partial charge is 0.490 e. The van der Waals surface area contributed by atoms with Gasteiger partial charge in [0.05, 0.1) is 0 Å². The molecule has 0 atom stereocenters. The van der Waals surface area contributed by atoms with Gasteiger partial charge < -0.3 is 5.11 Å². The number of carbonyl (C=O) groups is 2. The first-order valence-corrected chi connectivity index (χ1v) is 4.73. The van der Waals surface area contributed by atoms with Gasteiger partial charge in [0, 0.05) is 12.0 Å². The Balaban J connectivity index is 0.000000185. The maximum atomic E-state index is 11.1. The number of hydrogen-bond donors (Lipinski definition) is 1. The van der Waals surface area contributed by atoms with E-state index in [1.165, 1.54) is 5.56 Å². The molecule has 0 spiro atoms. The summed E-state index contributed by atoms with van der Waals surface area (Å²) in [5.74, 6) is -2.46. The number of halogens is 3. The summed E-state index contributed by atoms with van der Waals surface area (Å²) in [6, 6.07) is 7.84. The number of ketones is 1. The first kappa shape index (κ1) is 13.2. The second-order valence-electron chi connectivity index (χ2n) is 3.38. The van der Waals surface area contributed by atoms with Gasteiger partial charge in [0.15, 0.2) is 5.78 Å². The van der Waals surface area contributed by atoms with Crippen LogP contribution in [0.15, 0.2) is 24.3 Å². The number of Topliss-reactive ketones (excluding diaryl/α,β-unsaturated/α-hetero) is 1. The highest BCUT2D eigenvalue weighted by molar-refractivity contribution is 6.00. The van der Waals surface area contributed by atoms with Crippen molar-refractivity contribution in [2.24, 2.45) is 0 Å². The van der Waals surface area contributed by atoms with Gasteiger partial charge >= 0.3 is 12.1 Å². The van der Waals surface area contributed by atoms with E-state index in [0.717, 1.165) is 12.0 Å². The number of fused-ring (bicyclic) bond motifs is 1. The van der Waals surface area contributed by atoms with E-state index in [1.807, 2.05) is 24.3 Å². The number of rotatable bonds is 0. The van der Waals surface area contributed by atoms with Gasteiger partial charge in [0.2, 0.25) is 0 Å². The van der Waals surface area contributed by atoms with Crippen molar-refractivity contribution in [3.8, 4) is 0 Å². The minimum absolute atomic E-state index is 0.301. The molecule has 0 aromatic heterocycles. The van der Waals surface area contributed by atoms with Crippen LogP contribution in [0.1, 0.15) is 22.3 Å². The first-order valence-electron chi connectivity index (χ1n) is 4.73. The lowest BCUT2D eigenvalue weighted by molar-refractivity contribution is -0.192. The second-order valence-corrected chi connectivity index (χ2v) is 3.38. The van der Waals surface area contributed by atoms with Gasteiger partial charge in [-0.2, -0.15) is 13.2 Å². The van der Waals surface area contributed by atoms with Crippen LogP contribution in [-0.4, -0.2) is 23.0 Å². The van der Waals surface area contributed by atoms with Crippen molar-refractivity contribution in [2.45, 2.75) is 19.0 Å². The van der Waals surface area contributed by atoms with Crippen molar-refractivity contribution >= 4 is 11.8 Å². The molecule has 2 rings (SSSR count). The minimum atomic E-state index is -5.08. The molecule has 1 N–H and O–H groups in total. The van der Waals surface area contributed by atoms with Crippen LogP contribution in [0.2, 0.25) is 0 Å². The second kappa shape index (κ2) is 4.99. The SMILES string of the molecule is O=C(O)C(F)(F)F.O=C1CCc2ccccc21. The Kier molecular flexibility index (Phi) is 3.88. The van der Waals surface area contributed by atoms with E-state index in [-0.39, 0.29) is 0 Å². The molecule has 1 aromatic carbocycles. The van der Waals surface area contributed by atoms with E-state index >= 15 is 0 Å². The van der Waals surface area contributed by atoms with Gasteiger partial charge in [-0.1, -0.05) is 24.3 Å². The third kappa shape index (κ3) is 3.58. The smallest absolute Gasteiger partial charge is 0.475 e. The number of alkyl halides is 3. The van der Waals surface area contributed by atoms with Gasteiger partial charge in [-0.15, -0.1) is 0 Å². The molecule has 1 aliphatic carbocycles. The van der Waals surface area contributed by atoms with E-state index in [0.29, 0.717) is 12.2 Å². The predicted molar refractivity (Wildman–Crippen MR) is 52.8 cm³/mol. The zero-order valence-corrected chi connectivity index (χ0v) is 8.62. The third-order valence-electron chi connectivity index (χ3n) is 2.18. The van der Waals surface area contributed by atoms with Crippen LogP contribution in [0.3, 0.4) is 0 Å². The average molecular weight is 246 g/mol. The topological polar surface area (TPSA) is 54.4 Å². The molecule has 0 fully saturated rings. The summed E-state index contributed by atoms with van der Waals surface area (Å²) in [6.07, 6.45) is -3.44. The van der Waals surface area contributed by atoms with Gasteiger partial charge in [0.1, 0.15) is 0 Å². The lowest BCUT2D eigenvalue weighted by Gasteiger charge is -1.93. The van der Waals surface area contributed by atoms with Crippen molar-refractivity contribution in [3.63, 3.8) is 0 Å². The predicted octanol–water partition coefficient (Wildman–Crippen LogP) is 2.45. The third-order valence-corrected chi connectivity index (χ3v) is 2.18. The van der Waals surface area contributed by atoms with E-state index < -0.39 is 12.1 Å². The molecule has 0 radical (unpaired) electrons. The Morgan fingerprint density at radius 2 is 1.71 bits per heavy atom. The Morgan fingerprint density at radius 3 is 2.18 bits per heavy atom. The van der Waals surface area contributed by atoms with Gasteiger partial charge in [0.25, 0.3) is 0 Å². The molecule has 0 amide bonds. The monoisotopic (exact) mass is 246 g/mol. The molecule has 92 valence electrons. The van der Waals surface area contributed by atoms with Crippen molar-refractivity contribution in [2.75, 3.05) is 0 Å². The Bertz CT molecular complexity index is 438.